The van der Waals surface area contributed by atoms with Gasteiger partial charge in [-0.1, -0.05) is 23.7 Å². The second kappa shape index (κ2) is 4.04. The first-order valence-corrected chi connectivity index (χ1v) is 4.87. The molecule has 78 valence electrons. The lowest BCUT2D eigenvalue weighted by Crippen LogP contribution is -1.92. The van der Waals surface area contributed by atoms with Crippen molar-refractivity contribution < 1.29 is 9.84 Å². The number of fused-ring (bicyclic) bond motifs is 1. The Labute approximate surface area is 92.3 Å². The second-order valence-corrected chi connectivity index (χ2v) is 3.49. The molecule has 2 rings (SSSR count). The van der Waals surface area contributed by atoms with E-state index in [0.717, 1.165) is 5.39 Å². The molecule has 0 bridgehead atoms. The van der Waals surface area contributed by atoms with E-state index in [4.69, 9.17) is 21.4 Å². The summed E-state index contributed by atoms with van der Waals surface area (Å²) in [6, 6.07) is 7.41. The van der Waals surface area contributed by atoms with E-state index in [2.05, 4.69) is 4.98 Å². The normalized spacial score (nSPS) is 10.6. The number of benzene rings is 1. The van der Waals surface area contributed by atoms with Gasteiger partial charge in [-0.15, -0.1) is 0 Å². The van der Waals surface area contributed by atoms with Crippen molar-refractivity contribution in [1.82, 2.24) is 4.98 Å². The Morgan fingerprint density at radius 2 is 2.27 bits per heavy atom. The standard InChI is InChI=1S/C11H10ClNO2/c1-15-9-4-2-3-7-5-8(6-14)11(12)13-10(7)9/h2-5,14H,6H2,1H3. The van der Waals surface area contributed by atoms with Gasteiger partial charge >= 0.3 is 0 Å². The van der Waals surface area contributed by atoms with Crippen LogP contribution in [0, 0.1) is 0 Å². The zero-order valence-corrected chi connectivity index (χ0v) is 8.95. The summed E-state index contributed by atoms with van der Waals surface area (Å²) in [7, 11) is 1.59. The van der Waals surface area contributed by atoms with Gasteiger partial charge in [-0.2, -0.15) is 0 Å². The molecule has 15 heavy (non-hydrogen) atoms. The summed E-state index contributed by atoms with van der Waals surface area (Å²) in [5, 5.41) is 10.3. The lowest BCUT2D eigenvalue weighted by Gasteiger charge is -2.06. The Hall–Kier alpha value is -1.32. The van der Waals surface area contributed by atoms with Crippen molar-refractivity contribution >= 4 is 22.5 Å². The monoisotopic (exact) mass is 223 g/mol. The Kier molecular flexibility index (Phi) is 2.75. The van der Waals surface area contributed by atoms with Gasteiger partial charge in [0.05, 0.1) is 13.7 Å². The Morgan fingerprint density at radius 3 is 2.93 bits per heavy atom. The number of rotatable bonds is 2. The van der Waals surface area contributed by atoms with Crippen molar-refractivity contribution in [2.45, 2.75) is 6.61 Å². The maximum absolute atomic E-state index is 9.05. The molecule has 4 heteroatoms. The van der Waals surface area contributed by atoms with E-state index in [-0.39, 0.29) is 6.61 Å². The van der Waals surface area contributed by atoms with E-state index < -0.39 is 0 Å². The van der Waals surface area contributed by atoms with E-state index in [1.165, 1.54) is 0 Å². The Balaban J connectivity index is 2.74. The van der Waals surface area contributed by atoms with Crippen molar-refractivity contribution in [3.05, 3.63) is 35.0 Å². The van der Waals surface area contributed by atoms with Crippen LogP contribution in [0.5, 0.6) is 5.75 Å². The highest BCUT2D eigenvalue weighted by Gasteiger charge is 2.07. The minimum atomic E-state index is -0.112. The third-order valence-electron chi connectivity index (χ3n) is 2.23. The van der Waals surface area contributed by atoms with Crippen LogP contribution in [0.2, 0.25) is 5.15 Å². The average molecular weight is 224 g/mol. The van der Waals surface area contributed by atoms with Crippen molar-refractivity contribution in [1.29, 1.82) is 0 Å². The number of ether oxygens (including phenoxy) is 1. The maximum Gasteiger partial charge on any atom is 0.145 e. The molecule has 0 saturated carbocycles. The molecule has 2 aromatic rings. The number of hydrogen-bond acceptors (Lipinski definition) is 3. The number of pyridine rings is 1. The number of aromatic nitrogens is 1. The number of para-hydroxylation sites is 1. The Bertz CT molecular complexity index is 499. The van der Waals surface area contributed by atoms with Gasteiger partial charge in [-0.05, 0) is 12.1 Å². The van der Waals surface area contributed by atoms with Crippen LogP contribution in [0.15, 0.2) is 24.3 Å². The molecule has 0 fully saturated rings. The molecule has 1 heterocycles. The summed E-state index contributed by atoms with van der Waals surface area (Å²) < 4.78 is 5.17. The molecule has 1 N–H and O–H groups in total. The van der Waals surface area contributed by atoms with Crippen LogP contribution in [0.25, 0.3) is 10.9 Å². The van der Waals surface area contributed by atoms with Gasteiger partial charge in [0.25, 0.3) is 0 Å². The van der Waals surface area contributed by atoms with E-state index >= 15 is 0 Å². The van der Waals surface area contributed by atoms with Gasteiger partial charge < -0.3 is 9.84 Å². The SMILES string of the molecule is COc1cccc2cc(CO)c(Cl)nc12. The molecule has 0 atom stereocenters. The Morgan fingerprint density at radius 1 is 1.47 bits per heavy atom. The highest BCUT2D eigenvalue weighted by atomic mass is 35.5. The third kappa shape index (κ3) is 1.76. The molecule has 0 aliphatic carbocycles. The van der Waals surface area contributed by atoms with Crippen molar-refractivity contribution in [3.63, 3.8) is 0 Å². The molecular formula is C11H10ClNO2. The molecule has 0 aliphatic rings. The zero-order valence-electron chi connectivity index (χ0n) is 8.20. The van der Waals surface area contributed by atoms with E-state index in [0.29, 0.717) is 22.0 Å². The first-order chi connectivity index (χ1) is 7.26. The molecular weight excluding hydrogens is 214 g/mol. The minimum Gasteiger partial charge on any atom is -0.494 e. The van der Waals surface area contributed by atoms with Crippen molar-refractivity contribution in [3.8, 4) is 5.75 Å². The summed E-state index contributed by atoms with van der Waals surface area (Å²) in [5.74, 6) is 0.680. The quantitative estimate of drug-likeness (QED) is 0.795. The summed E-state index contributed by atoms with van der Waals surface area (Å²) in [4.78, 5) is 4.20. The highest BCUT2D eigenvalue weighted by Crippen LogP contribution is 2.27. The maximum atomic E-state index is 9.05. The summed E-state index contributed by atoms with van der Waals surface area (Å²) in [6.07, 6.45) is 0. The van der Waals surface area contributed by atoms with Gasteiger partial charge in [0.2, 0.25) is 0 Å². The van der Waals surface area contributed by atoms with Crippen LogP contribution in [0.3, 0.4) is 0 Å². The molecule has 0 saturated heterocycles. The van der Waals surface area contributed by atoms with Gasteiger partial charge in [0.15, 0.2) is 0 Å². The van der Waals surface area contributed by atoms with E-state index in [1.807, 2.05) is 24.3 Å². The average Bonchev–Trinajstić information content (AvgIpc) is 2.27. The fourth-order valence-electron chi connectivity index (χ4n) is 1.47. The van der Waals surface area contributed by atoms with Crippen LogP contribution in [-0.2, 0) is 6.61 Å². The molecule has 0 unspecified atom stereocenters. The van der Waals surface area contributed by atoms with Crippen molar-refractivity contribution in [2.24, 2.45) is 0 Å². The molecule has 0 amide bonds. The van der Waals surface area contributed by atoms with Gasteiger partial charge in [-0.25, -0.2) is 4.98 Å². The number of aliphatic hydroxyl groups excluding tert-OH is 1. The predicted octanol–water partition coefficient (Wildman–Crippen LogP) is 2.39. The number of halogens is 1. The summed E-state index contributed by atoms with van der Waals surface area (Å²) in [6.45, 7) is -0.112. The minimum absolute atomic E-state index is 0.112. The van der Waals surface area contributed by atoms with Gasteiger partial charge in [-0.3, -0.25) is 0 Å². The molecule has 0 aliphatic heterocycles. The third-order valence-corrected chi connectivity index (χ3v) is 2.55. The van der Waals surface area contributed by atoms with Crippen molar-refractivity contribution in [2.75, 3.05) is 7.11 Å². The van der Waals surface area contributed by atoms with Crippen LogP contribution in [0.4, 0.5) is 0 Å². The number of aliphatic hydroxyl groups is 1. The largest absolute Gasteiger partial charge is 0.494 e. The zero-order chi connectivity index (χ0) is 10.8. The first kappa shape index (κ1) is 10.2. The second-order valence-electron chi connectivity index (χ2n) is 3.13. The number of nitrogens with zero attached hydrogens (tertiary/aromatic N) is 1. The lowest BCUT2D eigenvalue weighted by molar-refractivity contribution is 0.281. The first-order valence-electron chi connectivity index (χ1n) is 4.49. The molecule has 3 nitrogen and oxygen atoms in total. The van der Waals surface area contributed by atoms with Gasteiger partial charge in [0.1, 0.15) is 16.4 Å². The van der Waals surface area contributed by atoms with Crippen LogP contribution in [-0.4, -0.2) is 17.2 Å². The van der Waals surface area contributed by atoms with Crippen LogP contribution in [0.1, 0.15) is 5.56 Å². The van der Waals surface area contributed by atoms with Crippen LogP contribution >= 0.6 is 11.6 Å². The molecule has 1 aromatic heterocycles. The summed E-state index contributed by atoms with van der Waals surface area (Å²) >= 11 is 5.91. The topological polar surface area (TPSA) is 42.4 Å². The summed E-state index contributed by atoms with van der Waals surface area (Å²) in [5.41, 5.74) is 1.33. The fourth-order valence-corrected chi connectivity index (χ4v) is 1.67. The van der Waals surface area contributed by atoms with Crippen LogP contribution < -0.4 is 4.74 Å². The smallest absolute Gasteiger partial charge is 0.145 e. The van der Waals surface area contributed by atoms with E-state index in [9.17, 15) is 0 Å². The highest BCUT2D eigenvalue weighted by molar-refractivity contribution is 6.30. The lowest BCUT2D eigenvalue weighted by atomic mass is 10.1. The van der Waals surface area contributed by atoms with E-state index in [1.54, 1.807) is 7.11 Å². The predicted molar refractivity (Wildman–Crippen MR) is 59.2 cm³/mol. The van der Waals surface area contributed by atoms with Gasteiger partial charge in [0, 0.05) is 10.9 Å². The fraction of sp³-hybridized carbons (Fsp3) is 0.182. The molecule has 0 spiro atoms. The molecule has 1 aromatic carbocycles. The number of methoxy groups -OCH3 is 1. The number of hydrogen-bond donors (Lipinski definition) is 1. The molecule has 0 radical (unpaired) electrons.